The van der Waals surface area contributed by atoms with Crippen LogP contribution in [0.2, 0.25) is 0 Å². The number of nitrogens with zero attached hydrogens (tertiary/aromatic N) is 3. The fraction of sp³-hybridized carbons (Fsp3) is 0.789. The van der Waals surface area contributed by atoms with Crippen LogP contribution in [0.4, 0.5) is 0 Å². The lowest BCUT2D eigenvalue weighted by atomic mass is 9.81. The van der Waals surface area contributed by atoms with E-state index in [2.05, 4.69) is 5.32 Å². The minimum absolute atomic E-state index is 0.184. The highest BCUT2D eigenvalue weighted by atomic mass is 16.3. The predicted molar refractivity (Wildman–Crippen MR) is 97.4 cm³/mol. The summed E-state index contributed by atoms with van der Waals surface area (Å²) in [5, 5.41) is 39.8. The number of amides is 2. The number of nitrogens with one attached hydrogen (secondary N) is 1. The van der Waals surface area contributed by atoms with Crippen LogP contribution in [0.15, 0.2) is 0 Å². The summed E-state index contributed by atoms with van der Waals surface area (Å²) in [6, 6.07) is 0. The topological polar surface area (TPSA) is 137 Å². The van der Waals surface area contributed by atoms with Crippen LogP contribution in [-0.2, 0) is 9.59 Å². The Morgan fingerprint density at radius 3 is 2.37 bits per heavy atom. The molecule has 0 bridgehead atoms. The van der Waals surface area contributed by atoms with Gasteiger partial charge in [0, 0.05) is 6.42 Å². The number of β-lactam (4-membered cyclic amide) rings is 1. The molecule has 8 heteroatoms. The summed E-state index contributed by atoms with van der Waals surface area (Å²) in [4.78, 5) is 24.0. The van der Waals surface area contributed by atoms with Crippen molar-refractivity contribution in [1.82, 2.24) is 10.2 Å². The van der Waals surface area contributed by atoms with Crippen molar-refractivity contribution >= 4 is 11.8 Å². The normalized spacial score (nSPS) is 21.6. The van der Waals surface area contributed by atoms with Gasteiger partial charge in [0.1, 0.15) is 0 Å². The highest BCUT2D eigenvalue weighted by Gasteiger charge is 2.47. The van der Waals surface area contributed by atoms with Crippen LogP contribution in [0.1, 0.15) is 72.1 Å². The summed E-state index contributed by atoms with van der Waals surface area (Å²) >= 11 is 0. The van der Waals surface area contributed by atoms with E-state index >= 15 is 0 Å². The van der Waals surface area contributed by atoms with Crippen LogP contribution < -0.4 is 5.32 Å². The zero-order chi connectivity index (χ0) is 20.7. The minimum atomic E-state index is -0.595. The second-order valence-electron chi connectivity index (χ2n) is 8.47. The zero-order valence-electron chi connectivity index (χ0n) is 16.4. The molecule has 27 heavy (non-hydrogen) atoms. The van der Waals surface area contributed by atoms with Gasteiger partial charge in [0.15, 0.2) is 12.4 Å². The Hall–Kier alpha value is -2.16. The van der Waals surface area contributed by atoms with Gasteiger partial charge in [-0.15, -0.1) is 0 Å². The number of carbonyl (C=O) groups is 2. The van der Waals surface area contributed by atoms with Crippen molar-refractivity contribution in [3.05, 3.63) is 0 Å². The maximum absolute atomic E-state index is 11.5. The quantitative estimate of drug-likeness (QED) is 0.283. The minimum Gasteiger partial charge on any atom is -0.393 e. The van der Waals surface area contributed by atoms with Crippen LogP contribution in [0.5, 0.6) is 0 Å². The van der Waals surface area contributed by atoms with Gasteiger partial charge in [-0.05, 0) is 50.9 Å². The van der Waals surface area contributed by atoms with Crippen LogP contribution in [-0.4, -0.2) is 44.7 Å². The Kier molecular flexibility index (Phi) is 8.20. The third kappa shape index (κ3) is 7.16. The zero-order valence-corrected chi connectivity index (χ0v) is 16.4. The maximum atomic E-state index is 11.5. The van der Waals surface area contributed by atoms with Gasteiger partial charge in [0.25, 0.3) is 0 Å². The van der Waals surface area contributed by atoms with Gasteiger partial charge >= 0.3 is 0 Å². The van der Waals surface area contributed by atoms with E-state index in [0.29, 0.717) is 44.9 Å². The Morgan fingerprint density at radius 1 is 1.26 bits per heavy atom. The lowest BCUT2D eigenvalue weighted by Gasteiger charge is -2.45. The number of hydrogen-bond donors (Lipinski definition) is 3. The fourth-order valence-corrected chi connectivity index (χ4v) is 3.41. The molecule has 8 nitrogen and oxygen atoms in total. The number of hydrogen-bond acceptors (Lipinski definition) is 6. The predicted octanol–water partition coefficient (Wildman–Crippen LogP) is 1.53. The van der Waals surface area contributed by atoms with Crippen molar-refractivity contribution in [1.29, 1.82) is 10.5 Å². The Labute approximate surface area is 160 Å². The summed E-state index contributed by atoms with van der Waals surface area (Å²) in [5.41, 5.74) is -0.827. The summed E-state index contributed by atoms with van der Waals surface area (Å²) in [6.07, 6.45) is 5.89. The molecule has 1 saturated heterocycles. The molecule has 0 aromatic rings. The summed E-state index contributed by atoms with van der Waals surface area (Å²) in [7, 11) is 0. The smallest absolute Gasteiger partial charge is 0.238 e. The molecule has 1 aliphatic heterocycles. The van der Waals surface area contributed by atoms with Gasteiger partial charge in [-0.2, -0.15) is 10.5 Å². The van der Waals surface area contributed by atoms with E-state index in [1.165, 1.54) is 4.90 Å². The Morgan fingerprint density at radius 2 is 1.85 bits per heavy atom. The van der Waals surface area contributed by atoms with Crippen LogP contribution in [0, 0.1) is 28.3 Å². The number of aliphatic hydroxyl groups excluding tert-OH is 2. The lowest BCUT2D eigenvalue weighted by molar-refractivity contribution is -0.148. The van der Waals surface area contributed by atoms with Gasteiger partial charge in [-0.1, -0.05) is 13.8 Å². The molecule has 3 atom stereocenters. The molecule has 0 aromatic heterocycles. The van der Waals surface area contributed by atoms with Crippen molar-refractivity contribution in [2.75, 3.05) is 0 Å². The molecule has 2 amide bonds. The standard InChI is InChI=1S/C19H30N4O4/c1-18(2,10-16(26)22-12-20)8-6-14(24)4-5-15(25)7-9-19(3)11-17(27)23(19)13-21/h14-15,24-25H,4-11H2,1-3H3,(H,22,26). The monoisotopic (exact) mass is 378 g/mol. The molecule has 0 saturated carbocycles. The largest absolute Gasteiger partial charge is 0.393 e. The molecule has 0 aromatic carbocycles. The van der Waals surface area contributed by atoms with Crippen molar-refractivity contribution in [3.63, 3.8) is 0 Å². The van der Waals surface area contributed by atoms with E-state index < -0.39 is 17.7 Å². The SMILES string of the molecule is CC(C)(CCC(O)CCC(O)CCC1(C)CC(=O)N1C#N)CC(=O)NC#N. The third-order valence-corrected chi connectivity index (χ3v) is 5.26. The van der Waals surface area contributed by atoms with E-state index in [0.717, 1.165) is 0 Å². The first kappa shape index (κ1) is 22.9. The molecule has 1 aliphatic rings. The van der Waals surface area contributed by atoms with Gasteiger partial charge in [-0.3, -0.25) is 14.9 Å². The number of rotatable bonds is 11. The molecule has 0 spiro atoms. The van der Waals surface area contributed by atoms with Crippen molar-refractivity contribution in [3.8, 4) is 12.4 Å². The van der Waals surface area contributed by atoms with E-state index in [9.17, 15) is 19.8 Å². The average molecular weight is 378 g/mol. The van der Waals surface area contributed by atoms with Gasteiger partial charge in [-0.25, -0.2) is 4.90 Å². The second kappa shape index (κ2) is 9.68. The molecule has 1 heterocycles. The van der Waals surface area contributed by atoms with E-state index in [-0.39, 0.29) is 23.7 Å². The van der Waals surface area contributed by atoms with Gasteiger partial charge in [0.2, 0.25) is 11.8 Å². The summed E-state index contributed by atoms with van der Waals surface area (Å²) in [5.74, 6) is -0.516. The molecule has 0 aliphatic carbocycles. The molecule has 3 unspecified atom stereocenters. The highest BCUT2D eigenvalue weighted by Crippen LogP contribution is 2.35. The van der Waals surface area contributed by atoms with Crippen molar-refractivity contribution < 1.29 is 19.8 Å². The number of aliphatic hydroxyl groups is 2. The van der Waals surface area contributed by atoms with Crippen molar-refractivity contribution in [2.45, 2.75) is 89.9 Å². The number of carbonyl (C=O) groups excluding carboxylic acids is 2. The Balaban J connectivity index is 2.27. The lowest BCUT2D eigenvalue weighted by Crippen LogP contribution is -2.59. The van der Waals surface area contributed by atoms with Crippen LogP contribution >= 0.6 is 0 Å². The maximum Gasteiger partial charge on any atom is 0.238 e. The molecule has 1 rings (SSSR count). The second-order valence-corrected chi connectivity index (χ2v) is 8.47. The van der Waals surface area contributed by atoms with Crippen LogP contribution in [0.3, 0.4) is 0 Å². The number of likely N-dealkylation sites (tertiary alicyclic amines) is 1. The third-order valence-electron chi connectivity index (χ3n) is 5.26. The molecule has 150 valence electrons. The highest BCUT2D eigenvalue weighted by molar-refractivity contribution is 5.86. The van der Waals surface area contributed by atoms with Crippen molar-refractivity contribution in [2.24, 2.45) is 5.41 Å². The molecular weight excluding hydrogens is 348 g/mol. The molecule has 0 radical (unpaired) electrons. The van der Waals surface area contributed by atoms with E-state index in [1.54, 1.807) is 6.19 Å². The van der Waals surface area contributed by atoms with Gasteiger partial charge < -0.3 is 10.2 Å². The first-order chi connectivity index (χ1) is 12.5. The Bertz CT molecular complexity index is 622. The van der Waals surface area contributed by atoms with E-state index in [4.69, 9.17) is 10.5 Å². The summed E-state index contributed by atoms with van der Waals surface area (Å²) < 4.78 is 0. The summed E-state index contributed by atoms with van der Waals surface area (Å²) in [6.45, 7) is 5.66. The van der Waals surface area contributed by atoms with Crippen LogP contribution in [0.25, 0.3) is 0 Å². The number of nitriles is 2. The van der Waals surface area contributed by atoms with Gasteiger partial charge in [0.05, 0.1) is 24.2 Å². The average Bonchev–Trinajstić information content (AvgIpc) is 2.56. The van der Waals surface area contributed by atoms with E-state index in [1.807, 2.05) is 27.0 Å². The molecule has 3 N–H and O–H groups in total. The first-order valence-corrected chi connectivity index (χ1v) is 9.30. The first-order valence-electron chi connectivity index (χ1n) is 9.30. The molecule has 1 fully saturated rings. The molecular formula is C19H30N4O4. The fourth-order valence-electron chi connectivity index (χ4n) is 3.41.